The summed E-state index contributed by atoms with van der Waals surface area (Å²) in [6.45, 7) is 12.4. The second kappa shape index (κ2) is 21.0. The van der Waals surface area contributed by atoms with E-state index in [1.165, 1.54) is 44.8 Å². The highest BCUT2D eigenvalue weighted by Crippen LogP contribution is 2.42. The van der Waals surface area contributed by atoms with Gasteiger partial charge in [0, 0.05) is 37.0 Å². The van der Waals surface area contributed by atoms with Gasteiger partial charge >= 0.3 is 0 Å². The van der Waals surface area contributed by atoms with Crippen LogP contribution in [0.15, 0.2) is 48.5 Å². The van der Waals surface area contributed by atoms with E-state index in [9.17, 15) is 15.3 Å². The van der Waals surface area contributed by atoms with Crippen LogP contribution in [0.25, 0.3) is 0 Å². The number of nitrogens with zero attached hydrogens (tertiary/aromatic N) is 1. The van der Waals surface area contributed by atoms with Crippen molar-refractivity contribution in [2.45, 2.75) is 82.8 Å². The Morgan fingerprint density at radius 3 is 2.16 bits per heavy atom. The van der Waals surface area contributed by atoms with E-state index in [0.29, 0.717) is 56.0 Å². The van der Waals surface area contributed by atoms with Crippen molar-refractivity contribution in [3.05, 3.63) is 65.2 Å². The summed E-state index contributed by atoms with van der Waals surface area (Å²) in [7, 11) is 0. The van der Waals surface area contributed by atoms with Crippen LogP contribution in [0.2, 0.25) is 0 Å². The summed E-state index contributed by atoms with van der Waals surface area (Å²) in [5.41, 5.74) is 6.65. The number of piperidine rings is 3. The predicted octanol–water partition coefficient (Wildman–Crippen LogP) is 4.60. The normalized spacial score (nSPS) is 24.4. The first-order valence-electron chi connectivity index (χ1n) is 18.1. The smallest absolute Gasteiger partial charge is 0.121 e. The minimum atomic E-state index is -0.875. The molecule has 2 bridgehead atoms. The molecule has 2 aromatic carbocycles. The summed E-state index contributed by atoms with van der Waals surface area (Å²) in [6.07, 6.45) is 6.51. The van der Waals surface area contributed by atoms with E-state index in [0.717, 1.165) is 49.2 Å². The Morgan fingerprint density at radius 1 is 0.918 bits per heavy atom. The Hall–Kier alpha value is -1.64. The molecular formula is C38H62BrN2O8+. The van der Waals surface area contributed by atoms with Gasteiger partial charge in [-0.25, -0.2) is 0 Å². The maximum atomic E-state index is 11.9. The zero-order valence-corrected chi connectivity index (χ0v) is 31.3. The van der Waals surface area contributed by atoms with E-state index in [4.69, 9.17) is 29.8 Å². The van der Waals surface area contributed by atoms with Gasteiger partial charge in [-0.1, -0.05) is 49.2 Å². The molecule has 1 aliphatic carbocycles. The van der Waals surface area contributed by atoms with E-state index in [-0.39, 0.29) is 41.5 Å². The molecule has 3 saturated heterocycles. The highest BCUT2D eigenvalue weighted by Gasteiger charge is 2.48. The van der Waals surface area contributed by atoms with Gasteiger partial charge in [-0.3, -0.25) is 0 Å². The molecule has 6 rings (SSSR count). The van der Waals surface area contributed by atoms with E-state index < -0.39 is 11.7 Å². The number of hydrogen-bond donors (Lipinski definition) is 5. The third-order valence-corrected chi connectivity index (χ3v) is 10.6. The van der Waals surface area contributed by atoms with Crippen molar-refractivity contribution < 1.29 is 43.9 Å². The first-order valence-corrected chi connectivity index (χ1v) is 18.1. The fourth-order valence-electron chi connectivity index (χ4n) is 7.59. The third kappa shape index (κ3) is 12.0. The molecule has 4 fully saturated rings. The molecule has 1 unspecified atom stereocenters. The Balaban J connectivity index is 0.000000365. The van der Waals surface area contributed by atoms with Gasteiger partial charge < -0.3 is 49.6 Å². The Bertz CT molecular complexity index is 1190. The van der Waals surface area contributed by atoms with E-state index >= 15 is 0 Å². The molecule has 0 aromatic heterocycles. The number of fused-ring (bicyclic) bond motifs is 3. The molecule has 0 spiro atoms. The molecule has 278 valence electrons. The highest BCUT2D eigenvalue weighted by molar-refractivity contribution is 8.93. The number of quaternary nitrogens is 1. The number of hydrogen-bond acceptors (Lipinski definition) is 9. The molecule has 6 N–H and O–H groups in total. The lowest BCUT2D eigenvalue weighted by atomic mass is 9.80. The quantitative estimate of drug-likeness (QED) is 0.109. The standard InChI is InChI=1S/C28H46NO5.C10H15NO3.BrH/c1-2-31-18-19-33-21-20-32-17-16-29-14-12-24(13-15-29)27(22-29)34-23-28(30,26-10-6-7-11-26)25-8-4-3-5-9-25;1-6(11)10(14)7-2-3-9(13)8(4-7)5-12;/h3-5,8-9,24,26-27,30H,2,6-7,10-23H2,1H3;2-4,6,10,12-14H,5,11H2,1H3;1H/q+1;;/t24?,27-,28+,29?;6?,10-;/m00./s1. The summed E-state index contributed by atoms with van der Waals surface area (Å²) < 4.78 is 24.5. The van der Waals surface area contributed by atoms with Crippen LogP contribution in [0.3, 0.4) is 0 Å². The predicted molar refractivity (Wildman–Crippen MR) is 196 cm³/mol. The molecule has 2 aromatic rings. The largest absolute Gasteiger partial charge is 0.508 e. The first kappa shape index (κ1) is 41.8. The summed E-state index contributed by atoms with van der Waals surface area (Å²) in [4.78, 5) is 0. The molecule has 11 heteroatoms. The number of halogens is 1. The molecule has 10 nitrogen and oxygen atoms in total. The lowest BCUT2D eigenvalue weighted by Gasteiger charge is -2.52. The Morgan fingerprint density at radius 2 is 1.55 bits per heavy atom. The van der Waals surface area contributed by atoms with Gasteiger partial charge in [0.2, 0.25) is 0 Å². The maximum absolute atomic E-state index is 11.9. The van der Waals surface area contributed by atoms with Gasteiger partial charge in [0.25, 0.3) is 0 Å². The van der Waals surface area contributed by atoms with Gasteiger partial charge in [-0.15, -0.1) is 17.0 Å². The number of aromatic hydroxyl groups is 1. The SMILES string of the molecule is Br.CC(N)[C@H](O)c1ccc(O)c(CO)c1.CCOCCOCCOCC[N+]12CCC(CC1)[C@@H](OC[C@@](O)(c1ccccc1)C1CCCC1)C2. The second-order valence-corrected chi connectivity index (χ2v) is 13.9. The van der Waals surface area contributed by atoms with Gasteiger partial charge in [-0.05, 0) is 55.9 Å². The summed E-state index contributed by atoms with van der Waals surface area (Å²) in [5, 5.41) is 39.7. The average molecular weight is 755 g/mol. The molecule has 0 radical (unpaired) electrons. The Labute approximate surface area is 303 Å². The second-order valence-electron chi connectivity index (χ2n) is 13.9. The molecule has 49 heavy (non-hydrogen) atoms. The van der Waals surface area contributed by atoms with Gasteiger partial charge in [0.1, 0.15) is 30.5 Å². The van der Waals surface area contributed by atoms with Crippen molar-refractivity contribution in [2.75, 3.05) is 72.4 Å². The van der Waals surface area contributed by atoms with Crippen LogP contribution >= 0.6 is 17.0 Å². The van der Waals surface area contributed by atoms with Crippen LogP contribution in [-0.4, -0.2) is 109 Å². The fraction of sp³-hybridized carbons (Fsp3) is 0.684. The van der Waals surface area contributed by atoms with Crippen LogP contribution in [-0.2, 0) is 31.2 Å². The van der Waals surface area contributed by atoms with Crippen LogP contribution in [0, 0.1) is 11.8 Å². The molecule has 0 amide bonds. The van der Waals surface area contributed by atoms with Gasteiger partial charge in [-0.2, -0.15) is 0 Å². The number of ether oxygens (including phenoxy) is 4. The monoisotopic (exact) mass is 753 g/mol. The molecule has 1 saturated carbocycles. The summed E-state index contributed by atoms with van der Waals surface area (Å²) >= 11 is 0. The topological polar surface area (TPSA) is 144 Å². The van der Waals surface area contributed by atoms with Crippen molar-refractivity contribution >= 4 is 17.0 Å². The average Bonchev–Trinajstić information content (AvgIpc) is 3.67. The molecular weight excluding hydrogens is 692 g/mol. The molecule has 4 atom stereocenters. The van der Waals surface area contributed by atoms with Crippen LogP contribution < -0.4 is 5.73 Å². The van der Waals surface area contributed by atoms with Crippen LogP contribution in [0.1, 0.15) is 75.2 Å². The fourth-order valence-corrected chi connectivity index (χ4v) is 7.59. The number of nitrogens with two attached hydrogens (primary N) is 1. The lowest BCUT2D eigenvalue weighted by Crippen LogP contribution is -2.65. The first-order chi connectivity index (χ1) is 23.2. The molecule has 3 aliphatic heterocycles. The minimum Gasteiger partial charge on any atom is -0.508 e. The number of aliphatic hydroxyl groups excluding tert-OH is 2. The van der Waals surface area contributed by atoms with E-state index in [2.05, 4.69) is 12.1 Å². The zero-order chi connectivity index (χ0) is 34.4. The highest BCUT2D eigenvalue weighted by atomic mass is 79.9. The van der Waals surface area contributed by atoms with E-state index in [1.807, 2.05) is 25.1 Å². The number of aliphatic hydroxyl groups is 3. The third-order valence-electron chi connectivity index (χ3n) is 10.6. The number of benzene rings is 2. The van der Waals surface area contributed by atoms with Gasteiger partial charge in [0.15, 0.2) is 0 Å². The maximum Gasteiger partial charge on any atom is 0.121 e. The number of phenols is 1. The van der Waals surface area contributed by atoms with E-state index in [1.54, 1.807) is 19.1 Å². The molecule has 4 aliphatic rings. The van der Waals surface area contributed by atoms with Crippen molar-refractivity contribution in [1.29, 1.82) is 0 Å². The van der Waals surface area contributed by atoms with Crippen molar-refractivity contribution in [3.8, 4) is 5.75 Å². The lowest BCUT2D eigenvalue weighted by molar-refractivity contribution is -0.946. The minimum absolute atomic E-state index is 0. The summed E-state index contributed by atoms with van der Waals surface area (Å²) in [6, 6.07) is 14.4. The van der Waals surface area contributed by atoms with Crippen LogP contribution in [0.5, 0.6) is 5.75 Å². The van der Waals surface area contributed by atoms with Crippen molar-refractivity contribution in [2.24, 2.45) is 17.6 Å². The van der Waals surface area contributed by atoms with Crippen molar-refractivity contribution in [1.82, 2.24) is 0 Å². The number of rotatable bonds is 18. The zero-order valence-electron chi connectivity index (χ0n) is 29.6. The summed E-state index contributed by atoms with van der Waals surface area (Å²) in [5.74, 6) is 0.944. The Kier molecular flexibility index (Phi) is 17.9. The van der Waals surface area contributed by atoms with Crippen LogP contribution in [0.4, 0.5) is 0 Å². The van der Waals surface area contributed by atoms with Crippen molar-refractivity contribution in [3.63, 3.8) is 0 Å². The van der Waals surface area contributed by atoms with Gasteiger partial charge in [0.05, 0.1) is 65.4 Å². The molecule has 3 heterocycles.